The number of carbonyl (C=O) groups excluding carboxylic acids is 1. The number of hydrogen-bond donors (Lipinski definition) is 0. The molecule has 2 aromatic carbocycles. The molecule has 0 fully saturated rings. The van der Waals surface area contributed by atoms with Crippen molar-refractivity contribution in [3.05, 3.63) is 59.9 Å². The lowest BCUT2D eigenvalue weighted by Gasteiger charge is -2.14. The van der Waals surface area contributed by atoms with Crippen molar-refractivity contribution in [3.8, 4) is 17.2 Å². The summed E-state index contributed by atoms with van der Waals surface area (Å²) in [6.07, 6.45) is 1.66. The molecule has 1 atom stereocenters. The van der Waals surface area contributed by atoms with E-state index in [1.54, 1.807) is 31.6 Å². The molecule has 0 radical (unpaired) electrons. The minimum Gasteiger partial charge on any atom is -0.497 e. The van der Waals surface area contributed by atoms with Gasteiger partial charge in [0.25, 0.3) is 0 Å². The zero-order chi connectivity index (χ0) is 19.4. The number of aryl methyl sites for hydroxylation is 1. The molecule has 0 aliphatic heterocycles. The van der Waals surface area contributed by atoms with Crippen LogP contribution in [0.1, 0.15) is 22.8 Å². The molecule has 0 N–H and O–H groups in total. The fourth-order valence-electron chi connectivity index (χ4n) is 2.74. The average molecular weight is 383 g/mol. The lowest BCUT2D eigenvalue weighted by molar-refractivity contribution is 0.0991. The molecular weight excluding hydrogens is 362 g/mol. The van der Waals surface area contributed by atoms with E-state index in [1.165, 1.54) is 18.9 Å². The van der Waals surface area contributed by atoms with Crippen molar-refractivity contribution in [2.24, 2.45) is 0 Å². The van der Waals surface area contributed by atoms with Gasteiger partial charge in [0, 0.05) is 6.07 Å². The number of rotatable bonds is 7. The number of nitrogens with zero attached hydrogens (tertiary/aromatic N) is 3. The summed E-state index contributed by atoms with van der Waals surface area (Å²) in [6, 6.07) is 13.2. The highest BCUT2D eigenvalue weighted by Gasteiger charge is 2.23. The second-order valence-electron chi connectivity index (χ2n) is 5.96. The summed E-state index contributed by atoms with van der Waals surface area (Å²) in [6.45, 7) is 3.88. The molecule has 3 rings (SSSR count). The predicted molar refractivity (Wildman–Crippen MR) is 105 cm³/mol. The van der Waals surface area contributed by atoms with Gasteiger partial charge in [-0.3, -0.25) is 9.36 Å². The van der Waals surface area contributed by atoms with Crippen LogP contribution >= 0.6 is 11.8 Å². The molecule has 0 unspecified atom stereocenters. The molecule has 0 spiro atoms. The average Bonchev–Trinajstić information content (AvgIpc) is 3.15. The molecule has 0 saturated carbocycles. The van der Waals surface area contributed by atoms with Gasteiger partial charge in [-0.15, -0.1) is 10.2 Å². The van der Waals surface area contributed by atoms with E-state index >= 15 is 0 Å². The van der Waals surface area contributed by atoms with E-state index in [4.69, 9.17) is 9.47 Å². The maximum atomic E-state index is 13.0. The first-order valence-electron chi connectivity index (χ1n) is 8.44. The maximum absolute atomic E-state index is 13.0. The van der Waals surface area contributed by atoms with Gasteiger partial charge in [-0.2, -0.15) is 0 Å². The van der Waals surface area contributed by atoms with E-state index in [0.29, 0.717) is 22.2 Å². The first-order valence-corrected chi connectivity index (χ1v) is 9.32. The van der Waals surface area contributed by atoms with Gasteiger partial charge in [0.15, 0.2) is 10.9 Å². The standard InChI is InChI=1S/C20H21N3O3S/c1-13-7-5-6-8-17(13)23-12-21-22-20(23)27-14(2)19(24)16-10-9-15(25-3)11-18(16)26-4/h5-12,14H,1-4H3/t14-/m1/s1. The van der Waals surface area contributed by atoms with Crippen LogP contribution in [-0.4, -0.2) is 40.0 Å². The Labute approximate surface area is 162 Å². The molecule has 1 aromatic heterocycles. The van der Waals surface area contributed by atoms with Crippen LogP contribution in [0, 0.1) is 6.92 Å². The van der Waals surface area contributed by atoms with E-state index in [9.17, 15) is 4.79 Å². The second-order valence-corrected chi connectivity index (χ2v) is 7.27. The molecule has 140 valence electrons. The monoisotopic (exact) mass is 383 g/mol. The summed E-state index contributed by atoms with van der Waals surface area (Å²) in [5.74, 6) is 1.09. The molecule has 27 heavy (non-hydrogen) atoms. The van der Waals surface area contributed by atoms with Crippen LogP contribution in [0.25, 0.3) is 5.69 Å². The van der Waals surface area contributed by atoms with Gasteiger partial charge in [-0.1, -0.05) is 30.0 Å². The summed E-state index contributed by atoms with van der Waals surface area (Å²) in [4.78, 5) is 13.0. The Morgan fingerprint density at radius 2 is 1.93 bits per heavy atom. The number of Topliss-reactive ketones (excluding diaryl/α,β-unsaturated/α-hetero) is 1. The van der Waals surface area contributed by atoms with Crippen molar-refractivity contribution in [2.75, 3.05) is 14.2 Å². The van der Waals surface area contributed by atoms with Crippen molar-refractivity contribution in [1.29, 1.82) is 0 Å². The zero-order valence-electron chi connectivity index (χ0n) is 15.7. The lowest BCUT2D eigenvalue weighted by atomic mass is 10.1. The SMILES string of the molecule is COc1ccc(C(=O)[C@@H](C)Sc2nncn2-c2ccccc2C)c(OC)c1. The Kier molecular flexibility index (Phi) is 5.81. The Morgan fingerprint density at radius 3 is 2.63 bits per heavy atom. The number of benzene rings is 2. The summed E-state index contributed by atoms with van der Waals surface area (Å²) in [7, 11) is 3.12. The third kappa shape index (κ3) is 3.98. The minimum atomic E-state index is -0.362. The van der Waals surface area contributed by atoms with E-state index in [0.717, 1.165) is 11.3 Å². The van der Waals surface area contributed by atoms with Gasteiger partial charge >= 0.3 is 0 Å². The summed E-state index contributed by atoms with van der Waals surface area (Å²) in [5.41, 5.74) is 2.61. The van der Waals surface area contributed by atoms with Gasteiger partial charge in [-0.25, -0.2) is 0 Å². The van der Waals surface area contributed by atoms with Crippen molar-refractivity contribution in [2.45, 2.75) is 24.3 Å². The third-order valence-electron chi connectivity index (χ3n) is 4.22. The predicted octanol–water partition coefficient (Wildman–Crippen LogP) is 3.96. The topological polar surface area (TPSA) is 66.2 Å². The van der Waals surface area contributed by atoms with Crippen LogP contribution in [0.5, 0.6) is 11.5 Å². The smallest absolute Gasteiger partial charge is 0.196 e. The number of thioether (sulfide) groups is 1. The summed E-state index contributed by atoms with van der Waals surface area (Å²) >= 11 is 1.37. The molecule has 0 amide bonds. The number of ketones is 1. The number of para-hydroxylation sites is 1. The molecule has 3 aromatic rings. The van der Waals surface area contributed by atoms with Crippen LogP contribution in [0.15, 0.2) is 53.9 Å². The summed E-state index contributed by atoms with van der Waals surface area (Å²) in [5, 5.41) is 8.52. The molecule has 1 heterocycles. The van der Waals surface area contributed by atoms with Gasteiger partial charge in [-0.05, 0) is 37.6 Å². The zero-order valence-corrected chi connectivity index (χ0v) is 16.5. The first kappa shape index (κ1) is 19.0. The maximum Gasteiger partial charge on any atom is 0.196 e. The Hall–Kier alpha value is -2.80. The van der Waals surface area contributed by atoms with Crippen LogP contribution < -0.4 is 9.47 Å². The van der Waals surface area contributed by atoms with Gasteiger partial charge in [0.2, 0.25) is 0 Å². The molecule has 7 heteroatoms. The fourth-order valence-corrected chi connectivity index (χ4v) is 3.64. The molecule has 0 saturated heterocycles. The largest absolute Gasteiger partial charge is 0.497 e. The molecule has 0 aliphatic carbocycles. The Bertz CT molecular complexity index is 955. The van der Waals surface area contributed by atoms with E-state index < -0.39 is 0 Å². The lowest BCUT2D eigenvalue weighted by Crippen LogP contribution is -2.15. The van der Waals surface area contributed by atoms with Gasteiger partial charge in [0.1, 0.15) is 17.8 Å². The number of ether oxygens (including phenoxy) is 2. The van der Waals surface area contributed by atoms with Crippen LogP contribution in [-0.2, 0) is 0 Å². The summed E-state index contributed by atoms with van der Waals surface area (Å²) < 4.78 is 12.5. The van der Waals surface area contributed by atoms with Gasteiger partial charge in [0.05, 0.1) is 30.7 Å². The van der Waals surface area contributed by atoms with Crippen LogP contribution in [0.4, 0.5) is 0 Å². The second kappa shape index (κ2) is 8.26. The first-order chi connectivity index (χ1) is 13.0. The number of hydrogen-bond acceptors (Lipinski definition) is 6. The quantitative estimate of drug-likeness (QED) is 0.454. The van der Waals surface area contributed by atoms with E-state index in [-0.39, 0.29) is 11.0 Å². The number of methoxy groups -OCH3 is 2. The highest BCUT2D eigenvalue weighted by molar-refractivity contribution is 8.00. The number of carbonyl (C=O) groups is 1. The van der Waals surface area contributed by atoms with E-state index in [2.05, 4.69) is 10.2 Å². The number of aromatic nitrogens is 3. The normalized spacial score (nSPS) is 11.9. The molecule has 0 bridgehead atoms. The van der Waals surface area contributed by atoms with Crippen molar-refractivity contribution in [3.63, 3.8) is 0 Å². The van der Waals surface area contributed by atoms with Crippen LogP contribution in [0.3, 0.4) is 0 Å². The minimum absolute atomic E-state index is 0.0427. The van der Waals surface area contributed by atoms with Crippen molar-refractivity contribution < 1.29 is 14.3 Å². The van der Waals surface area contributed by atoms with E-state index in [1.807, 2.05) is 42.7 Å². The Morgan fingerprint density at radius 1 is 1.15 bits per heavy atom. The van der Waals surface area contributed by atoms with Crippen LogP contribution in [0.2, 0.25) is 0 Å². The Balaban J connectivity index is 1.85. The molecule has 6 nitrogen and oxygen atoms in total. The van der Waals surface area contributed by atoms with Gasteiger partial charge < -0.3 is 9.47 Å². The third-order valence-corrected chi connectivity index (χ3v) is 5.27. The fraction of sp³-hybridized carbons (Fsp3) is 0.250. The van der Waals surface area contributed by atoms with Crippen molar-refractivity contribution in [1.82, 2.24) is 14.8 Å². The highest BCUT2D eigenvalue weighted by Crippen LogP contribution is 2.31. The van der Waals surface area contributed by atoms with Crippen molar-refractivity contribution >= 4 is 17.5 Å². The molecule has 0 aliphatic rings. The molecular formula is C20H21N3O3S. The highest BCUT2D eigenvalue weighted by atomic mass is 32.2.